The summed E-state index contributed by atoms with van der Waals surface area (Å²) in [5.74, 6) is 0.618. The first-order valence-corrected chi connectivity index (χ1v) is 10.4. The number of nitrogens with one attached hydrogen (secondary N) is 1. The molecule has 3 aromatic carbocycles. The summed E-state index contributed by atoms with van der Waals surface area (Å²) in [7, 11) is 0. The number of nitrogens with zero attached hydrogens (tertiary/aromatic N) is 1. The van der Waals surface area contributed by atoms with Gasteiger partial charge >= 0.3 is 0 Å². The van der Waals surface area contributed by atoms with Gasteiger partial charge in [-0.1, -0.05) is 41.9 Å². The molecule has 0 saturated carbocycles. The number of halogens is 1. The first kappa shape index (κ1) is 21.0. The number of benzene rings is 3. The van der Waals surface area contributed by atoms with Crippen molar-refractivity contribution in [3.05, 3.63) is 95.0 Å². The fraction of sp³-hybridized carbons (Fsp3) is 0.130. The molecule has 0 bridgehead atoms. The van der Waals surface area contributed by atoms with Crippen LogP contribution in [0, 0.1) is 0 Å². The molecule has 4 nitrogen and oxygen atoms in total. The molecule has 29 heavy (non-hydrogen) atoms. The third-order valence-corrected chi connectivity index (χ3v) is 5.38. The largest absolute Gasteiger partial charge is 0.489 e. The molecular formula is C23H21ClN2O2S. The summed E-state index contributed by atoms with van der Waals surface area (Å²) in [6.07, 6.45) is 1.61. The highest BCUT2D eigenvalue weighted by molar-refractivity contribution is 8.00. The van der Waals surface area contributed by atoms with E-state index >= 15 is 0 Å². The number of hydrogen-bond donors (Lipinski definition) is 1. The van der Waals surface area contributed by atoms with Crippen molar-refractivity contribution in [2.45, 2.75) is 23.7 Å². The van der Waals surface area contributed by atoms with Crippen molar-refractivity contribution in [2.24, 2.45) is 5.10 Å². The van der Waals surface area contributed by atoms with Gasteiger partial charge in [-0.25, -0.2) is 5.43 Å². The third kappa shape index (κ3) is 6.97. The van der Waals surface area contributed by atoms with Gasteiger partial charge in [-0.2, -0.15) is 5.10 Å². The second-order valence-electron chi connectivity index (χ2n) is 6.29. The fourth-order valence-corrected chi connectivity index (χ4v) is 3.42. The van der Waals surface area contributed by atoms with E-state index in [9.17, 15) is 4.79 Å². The number of carbonyl (C=O) groups excluding carboxylic acids is 1. The molecule has 0 saturated heterocycles. The number of thioether (sulfide) groups is 1. The predicted molar refractivity (Wildman–Crippen MR) is 120 cm³/mol. The topological polar surface area (TPSA) is 50.7 Å². The minimum Gasteiger partial charge on any atom is -0.489 e. The number of ether oxygens (including phenoxy) is 1. The van der Waals surface area contributed by atoms with Gasteiger partial charge in [-0.3, -0.25) is 4.79 Å². The fourth-order valence-electron chi connectivity index (χ4n) is 2.42. The Hall–Kier alpha value is -2.76. The Morgan fingerprint density at radius 2 is 1.76 bits per heavy atom. The highest BCUT2D eigenvalue weighted by Crippen LogP contribution is 2.22. The molecule has 0 aliphatic carbocycles. The van der Waals surface area contributed by atoms with E-state index in [1.807, 2.05) is 85.8 Å². The molecule has 0 heterocycles. The molecule has 0 aliphatic heterocycles. The lowest BCUT2D eigenvalue weighted by Gasteiger charge is -2.09. The van der Waals surface area contributed by atoms with E-state index < -0.39 is 0 Å². The van der Waals surface area contributed by atoms with Gasteiger partial charge in [0.15, 0.2) is 0 Å². The quantitative estimate of drug-likeness (QED) is 0.293. The molecule has 0 unspecified atom stereocenters. The van der Waals surface area contributed by atoms with Crippen molar-refractivity contribution >= 4 is 35.5 Å². The van der Waals surface area contributed by atoms with Gasteiger partial charge in [-0.15, -0.1) is 11.8 Å². The van der Waals surface area contributed by atoms with Gasteiger partial charge in [0, 0.05) is 9.92 Å². The van der Waals surface area contributed by atoms with Gasteiger partial charge in [0.1, 0.15) is 12.4 Å². The van der Waals surface area contributed by atoms with E-state index in [-0.39, 0.29) is 11.2 Å². The summed E-state index contributed by atoms with van der Waals surface area (Å²) in [6.45, 7) is 2.33. The SMILES string of the molecule is C[C@@H](Sc1ccccc1)C(=O)N/N=C\c1ccc(OCc2ccc(Cl)cc2)cc1. The van der Waals surface area contributed by atoms with Crippen molar-refractivity contribution in [3.63, 3.8) is 0 Å². The normalized spacial score (nSPS) is 11.9. The summed E-state index contributed by atoms with van der Waals surface area (Å²) in [5, 5.41) is 4.51. The predicted octanol–water partition coefficient (Wildman–Crippen LogP) is 5.55. The molecular weight excluding hydrogens is 404 g/mol. The van der Waals surface area contributed by atoms with Crippen molar-refractivity contribution in [1.82, 2.24) is 5.43 Å². The lowest BCUT2D eigenvalue weighted by Crippen LogP contribution is -2.26. The molecule has 6 heteroatoms. The van der Waals surface area contributed by atoms with Gasteiger partial charge in [0.2, 0.25) is 0 Å². The molecule has 148 valence electrons. The summed E-state index contributed by atoms with van der Waals surface area (Å²) in [4.78, 5) is 13.2. The van der Waals surface area contributed by atoms with E-state index in [1.165, 1.54) is 11.8 Å². The van der Waals surface area contributed by atoms with E-state index in [1.54, 1.807) is 6.21 Å². The Labute approximate surface area is 179 Å². The van der Waals surface area contributed by atoms with Crippen LogP contribution in [0.15, 0.2) is 88.9 Å². The maximum absolute atomic E-state index is 12.2. The summed E-state index contributed by atoms with van der Waals surface area (Å²) >= 11 is 7.37. The van der Waals surface area contributed by atoms with Crippen LogP contribution in [0.25, 0.3) is 0 Å². The van der Waals surface area contributed by atoms with E-state index in [0.29, 0.717) is 11.6 Å². The van der Waals surface area contributed by atoms with Crippen LogP contribution in [-0.2, 0) is 11.4 Å². The summed E-state index contributed by atoms with van der Waals surface area (Å²) in [6, 6.07) is 24.9. The van der Waals surface area contributed by atoms with Crippen LogP contribution >= 0.6 is 23.4 Å². The number of hydrogen-bond acceptors (Lipinski definition) is 4. The molecule has 1 atom stereocenters. The average Bonchev–Trinajstić information content (AvgIpc) is 2.75. The van der Waals surface area contributed by atoms with E-state index in [4.69, 9.17) is 16.3 Å². The lowest BCUT2D eigenvalue weighted by atomic mass is 10.2. The van der Waals surface area contributed by atoms with E-state index in [0.717, 1.165) is 21.8 Å². The zero-order chi connectivity index (χ0) is 20.5. The molecule has 0 fully saturated rings. The molecule has 0 spiro atoms. The van der Waals surface area contributed by atoms with Gasteiger partial charge in [-0.05, 0) is 66.6 Å². The molecule has 3 rings (SSSR count). The van der Waals surface area contributed by atoms with Crippen LogP contribution in [0.5, 0.6) is 5.75 Å². The Balaban J connectivity index is 1.45. The highest BCUT2D eigenvalue weighted by Gasteiger charge is 2.13. The van der Waals surface area contributed by atoms with Gasteiger partial charge in [0.05, 0.1) is 11.5 Å². The zero-order valence-corrected chi connectivity index (χ0v) is 17.5. The molecule has 0 aliphatic rings. The second kappa shape index (κ2) is 10.7. The van der Waals surface area contributed by atoms with Crippen LogP contribution in [0.1, 0.15) is 18.1 Å². The Morgan fingerprint density at radius 3 is 2.45 bits per heavy atom. The van der Waals surface area contributed by atoms with E-state index in [2.05, 4.69) is 10.5 Å². The second-order valence-corrected chi connectivity index (χ2v) is 8.14. The molecule has 3 aromatic rings. The monoisotopic (exact) mass is 424 g/mol. The number of carbonyl (C=O) groups is 1. The first-order chi connectivity index (χ1) is 14.1. The third-order valence-electron chi connectivity index (χ3n) is 4.01. The lowest BCUT2D eigenvalue weighted by molar-refractivity contribution is -0.120. The Morgan fingerprint density at radius 1 is 1.07 bits per heavy atom. The Kier molecular flexibility index (Phi) is 7.73. The van der Waals surface area contributed by atoms with Crippen LogP contribution in [0.2, 0.25) is 5.02 Å². The smallest absolute Gasteiger partial charge is 0.253 e. The van der Waals surface area contributed by atoms with Gasteiger partial charge in [0.25, 0.3) is 5.91 Å². The first-order valence-electron chi connectivity index (χ1n) is 9.12. The molecule has 0 radical (unpaired) electrons. The molecule has 1 amide bonds. The Bertz CT molecular complexity index is 945. The number of rotatable bonds is 8. The minimum absolute atomic E-state index is 0.141. The standard InChI is InChI=1S/C23H21ClN2O2S/c1-17(29-22-5-3-2-4-6-22)23(27)26-25-15-18-9-13-21(14-10-18)28-16-19-7-11-20(24)12-8-19/h2-15,17H,16H2,1H3,(H,26,27)/b25-15-/t17-/m1/s1. The maximum atomic E-state index is 12.2. The molecule has 0 aromatic heterocycles. The highest BCUT2D eigenvalue weighted by atomic mass is 35.5. The minimum atomic E-state index is -0.238. The van der Waals surface area contributed by atoms with Crippen LogP contribution in [-0.4, -0.2) is 17.4 Å². The zero-order valence-electron chi connectivity index (χ0n) is 15.9. The number of hydrazone groups is 1. The average molecular weight is 425 g/mol. The van der Waals surface area contributed by atoms with Crippen LogP contribution in [0.3, 0.4) is 0 Å². The maximum Gasteiger partial charge on any atom is 0.253 e. The van der Waals surface area contributed by atoms with Crippen molar-refractivity contribution in [1.29, 1.82) is 0 Å². The van der Waals surface area contributed by atoms with Crippen LogP contribution < -0.4 is 10.2 Å². The van der Waals surface area contributed by atoms with Crippen molar-refractivity contribution in [3.8, 4) is 5.75 Å². The number of amides is 1. The summed E-state index contributed by atoms with van der Waals surface area (Å²) < 4.78 is 5.76. The molecule has 1 N–H and O–H groups in total. The van der Waals surface area contributed by atoms with Crippen molar-refractivity contribution in [2.75, 3.05) is 0 Å². The van der Waals surface area contributed by atoms with Gasteiger partial charge < -0.3 is 4.74 Å². The van der Waals surface area contributed by atoms with Crippen molar-refractivity contribution < 1.29 is 9.53 Å². The summed E-state index contributed by atoms with van der Waals surface area (Å²) in [5.41, 5.74) is 4.50. The van der Waals surface area contributed by atoms with Crippen LogP contribution in [0.4, 0.5) is 0 Å².